The van der Waals surface area contributed by atoms with Crippen LogP contribution in [-0.2, 0) is 13.6 Å². The Kier molecular flexibility index (Phi) is 7.42. The number of halogens is 1. The number of hydrogen-bond acceptors (Lipinski definition) is 8. The van der Waals surface area contributed by atoms with Crippen LogP contribution in [0, 0.1) is 13.8 Å². The van der Waals surface area contributed by atoms with Crippen LogP contribution in [0.4, 0.5) is 17.5 Å². The van der Waals surface area contributed by atoms with Gasteiger partial charge in [0.2, 0.25) is 5.95 Å². The van der Waals surface area contributed by atoms with Gasteiger partial charge in [0.1, 0.15) is 17.1 Å². The molecular weight excluding hydrogens is 470 g/mol. The molecule has 186 valence electrons. The van der Waals surface area contributed by atoms with Crippen molar-refractivity contribution in [3.63, 3.8) is 0 Å². The van der Waals surface area contributed by atoms with Gasteiger partial charge in [-0.05, 0) is 44.4 Å². The fraction of sp³-hybridized carbons (Fsp3) is 0.417. The molecule has 1 aromatic carbocycles. The number of rotatable bonds is 8. The molecule has 4 rings (SSSR count). The SMILES string of the molecule is COc1ccc(CNc2nc(N3CCCC3CO)ncc2C(=O)Nc2c(C)nn(C)c2C)cc1Cl. The van der Waals surface area contributed by atoms with Crippen molar-refractivity contribution in [2.24, 2.45) is 7.05 Å². The molecular formula is C24H30ClN7O3. The predicted octanol–water partition coefficient (Wildman–Crippen LogP) is 3.31. The highest BCUT2D eigenvalue weighted by Gasteiger charge is 2.27. The number of methoxy groups -OCH3 is 1. The molecule has 1 aliphatic heterocycles. The van der Waals surface area contributed by atoms with E-state index in [0.717, 1.165) is 36.3 Å². The Balaban J connectivity index is 1.64. The molecule has 2 aromatic heterocycles. The summed E-state index contributed by atoms with van der Waals surface area (Å²) in [5.74, 6) is 1.11. The van der Waals surface area contributed by atoms with Crippen molar-refractivity contribution in [3.05, 3.63) is 51.9 Å². The number of amides is 1. The van der Waals surface area contributed by atoms with Crippen LogP contribution in [0.1, 0.15) is 40.2 Å². The highest BCUT2D eigenvalue weighted by Crippen LogP contribution is 2.28. The van der Waals surface area contributed by atoms with Crippen molar-refractivity contribution in [3.8, 4) is 5.75 Å². The third-order valence-electron chi connectivity index (χ3n) is 6.29. The molecule has 0 radical (unpaired) electrons. The Morgan fingerprint density at radius 2 is 2.14 bits per heavy atom. The maximum atomic E-state index is 13.3. The quantitative estimate of drug-likeness (QED) is 0.432. The molecule has 3 heterocycles. The molecule has 10 nitrogen and oxygen atoms in total. The molecule has 1 atom stereocenters. The van der Waals surface area contributed by atoms with Crippen LogP contribution in [0.25, 0.3) is 0 Å². The molecule has 1 saturated heterocycles. The van der Waals surface area contributed by atoms with Gasteiger partial charge in [-0.3, -0.25) is 9.48 Å². The first-order valence-electron chi connectivity index (χ1n) is 11.4. The fourth-order valence-electron chi connectivity index (χ4n) is 4.24. The lowest BCUT2D eigenvalue weighted by Gasteiger charge is -2.24. The number of carbonyl (C=O) groups is 1. The standard InChI is InChI=1S/C24H30ClN7O3/c1-14-21(15(2)31(3)30-14)28-23(34)18-12-27-24(32-9-5-6-17(32)13-33)29-22(18)26-11-16-7-8-20(35-4)19(25)10-16/h7-8,10,12,17,33H,5-6,9,11,13H2,1-4H3,(H,28,34)(H,26,27,29). The molecule has 1 fully saturated rings. The van der Waals surface area contributed by atoms with E-state index in [2.05, 4.69) is 20.7 Å². The van der Waals surface area contributed by atoms with Gasteiger partial charge in [0.05, 0.1) is 41.9 Å². The first-order valence-corrected chi connectivity index (χ1v) is 11.8. The molecule has 1 aliphatic rings. The number of aliphatic hydroxyl groups excluding tert-OH is 1. The average molecular weight is 500 g/mol. The van der Waals surface area contributed by atoms with Crippen molar-refractivity contribution in [1.82, 2.24) is 19.7 Å². The van der Waals surface area contributed by atoms with Gasteiger partial charge in [-0.15, -0.1) is 0 Å². The van der Waals surface area contributed by atoms with Gasteiger partial charge < -0.3 is 25.4 Å². The molecule has 0 bridgehead atoms. The second kappa shape index (κ2) is 10.5. The molecule has 0 saturated carbocycles. The smallest absolute Gasteiger partial charge is 0.261 e. The maximum absolute atomic E-state index is 13.3. The van der Waals surface area contributed by atoms with Gasteiger partial charge in [0, 0.05) is 26.3 Å². The largest absolute Gasteiger partial charge is 0.495 e. The molecule has 35 heavy (non-hydrogen) atoms. The summed E-state index contributed by atoms with van der Waals surface area (Å²) in [7, 11) is 3.40. The molecule has 0 spiro atoms. The Hall–Kier alpha value is -3.37. The van der Waals surface area contributed by atoms with Gasteiger partial charge in [-0.1, -0.05) is 17.7 Å². The summed E-state index contributed by atoms with van der Waals surface area (Å²) in [5.41, 5.74) is 3.43. The van der Waals surface area contributed by atoms with Crippen LogP contribution in [0.2, 0.25) is 5.02 Å². The normalized spacial score (nSPS) is 15.4. The molecule has 11 heteroatoms. The van der Waals surface area contributed by atoms with Crippen molar-refractivity contribution in [2.75, 3.05) is 35.8 Å². The number of nitrogens with one attached hydrogen (secondary N) is 2. The van der Waals surface area contributed by atoms with E-state index < -0.39 is 0 Å². The van der Waals surface area contributed by atoms with Crippen LogP contribution < -0.4 is 20.3 Å². The van der Waals surface area contributed by atoms with Crippen molar-refractivity contribution in [1.29, 1.82) is 0 Å². The minimum Gasteiger partial charge on any atom is -0.495 e. The number of aliphatic hydroxyl groups is 1. The predicted molar refractivity (Wildman–Crippen MR) is 135 cm³/mol. The van der Waals surface area contributed by atoms with E-state index in [1.807, 2.05) is 31.9 Å². The summed E-state index contributed by atoms with van der Waals surface area (Å²) in [6.45, 7) is 4.90. The lowest BCUT2D eigenvalue weighted by Crippen LogP contribution is -2.33. The number of ether oxygens (including phenoxy) is 1. The summed E-state index contributed by atoms with van der Waals surface area (Å²) in [6.07, 6.45) is 3.34. The second-order valence-electron chi connectivity index (χ2n) is 8.55. The van der Waals surface area contributed by atoms with Gasteiger partial charge in [0.25, 0.3) is 5.91 Å². The van der Waals surface area contributed by atoms with Crippen LogP contribution in [-0.4, -0.2) is 57.1 Å². The van der Waals surface area contributed by atoms with Gasteiger partial charge in [-0.25, -0.2) is 4.98 Å². The lowest BCUT2D eigenvalue weighted by molar-refractivity contribution is 0.102. The number of nitrogens with zero attached hydrogens (tertiary/aromatic N) is 5. The van der Waals surface area contributed by atoms with E-state index in [0.29, 0.717) is 40.3 Å². The Bertz CT molecular complexity index is 1230. The van der Waals surface area contributed by atoms with E-state index in [1.54, 1.807) is 23.9 Å². The molecule has 3 N–H and O–H groups in total. The minimum atomic E-state index is -0.342. The molecule has 1 amide bonds. The number of aromatic nitrogens is 4. The van der Waals surface area contributed by atoms with E-state index in [4.69, 9.17) is 21.3 Å². The highest BCUT2D eigenvalue weighted by molar-refractivity contribution is 6.32. The van der Waals surface area contributed by atoms with E-state index >= 15 is 0 Å². The van der Waals surface area contributed by atoms with Crippen LogP contribution in [0.5, 0.6) is 5.75 Å². The number of anilines is 3. The van der Waals surface area contributed by atoms with Gasteiger partial charge in [-0.2, -0.15) is 10.1 Å². The van der Waals surface area contributed by atoms with Gasteiger partial charge in [0.15, 0.2) is 0 Å². The van der Waals surface area contributed by atoms with Crippen molar-refractivity contribution < 1.29 is 14.6 Å². The average Bonchev–Trinajstić information content (AvgIpc) is 3.42. The van der Waals surface area contributed by atoms with E-state index in [9.17, 15) is 9.90 Å². The zero-order valence-electron chi connectivity index (χ0n) is 20.3. The Morgan fingerprint density at radius 1 is 1.34 bits per heavy atom. The van der Waals surface area contributed by atoms with Crippen LogP contribution >= 0.6 is 11.6 Å². The van der Waals surface area contributed by atoms with Crippen LogP contribution in [0.3, 0.4) is 0 Å². The lowest BCUT2D eigenvalue weighted by atomic mass is 10.2. The summed E-state index contributed by atoms with van der Waals surface area (Å²) in [4.78, 5) is 24.4. The minimum absolute atomic E-state index is 0.0261. The number of benzene rings is 1. The summed E-state index contributed by atoms with van der Waals surface area (Å²) in [5, 5.41) is 20.8. The first-order chi connectivity index (χ1) is 16.8. The Labute approximate surface area is 209 Å². The second-order valence-corrected chi connectivity index (χ2v) is 8.96. The zero-order valence-corrected chi connectivity index (χ0v) is 21.1. The molecule has 0 aliphatic carbocycles. The number of aryl methyl sites for hydroxylation is 2. The van der Waals surface area contributed by atoms with Crippen molar-refractivity contribution in [2.45, 2.75) is 39.3 Å². The maximum Gasteiger partial charge on any atom is 0.261 e. The monoisotopic (exact) mass is 499 g/mol. The third kappa shape index (κ3) is 5.18. The highest BCUT2D eigenvalue weighted by atomic mass is 35.5. The van der Waals surface area contributed by atoms with E-state index in [1.165, 1.54) is 6.20 Å². The zero-order chi connectivity index (χ0) is 25.1. The van der Waals surface area contributed by atoms with Crippen LogP contribution in [0.15, 0.2) is 24.4 Å². The van der Waals surface area contributed by atoms with Gasteiger partial charge >= 0.3 is 0 Å². The summed E-state index contributed by atoms with van der Waals surface area (Å²) >= 11 is 6.28. The molecule has 3 aromatic rings. The van der Waals surface area contributed by atoms with E-state index in [-0.39, 0.29) is 18.6 Å². The summed E-state index contributed by atoms with van der Waals surface area (Å²) < 4.78 is 6.95. The Morgan fingerprint density at radius 3 is 2.80 bits per heavy atom. The fourth-order valence-corrected chi connectivity index (χ4v) is 4.52. The number of carbonyl (C=O) groups excluding carboxylic acids is 1. The first kappa shape index (κ1) is 24.7. The molecule has 1 unspecified atom stereocenters. The summed E-state index contributed by atoms with van der Waals surface area (Å²) in [6, 6.07) is 5.45. The number of hydrogen-bond donors (Lipinski definition) is 3. The van der Waals surface area contributed by atoms with Crippen molar-refractivity contribution >= 4 is 35.0 Å². The third-order valence-corrected chi connectivity index (χ3v) is 6.58. The topological polar surface area (TPSA) is 117 Å².